The van der Waals surface area contributed by atoms with E-state index in [-0.39, 0.29) is 19.1 Å². The molecule has 0 aliphatic carbocycles. The quantitative estimate of drug-likeness (QED) is 0.439. The number of hydrogen-bond acceptors (Lipinski definition) is 5. The molecule has 0 aromatic rings. The second-order valence-electron chi connectivity index (χ2n) is 6.43. The van der Waals surface area contributed by atoms with Crippen LogP contribution in [0.4, 0.5) is 0 Å². The minimum Gasteiger partial charge on any atom is -0.465 e. The van der Waals surface area contributed by atoms with Gasteiger partial charge in [0.25, 0.3) is 0 Å². The minimum atomic E-state index is -0.726. The Morgan fingerprint density at radius 2 is 1.95 bits per heavy atom. The minimum absolute atomic E-state index is 0.126. The van der Waals surface area contributed by atoms with Crippen LogP contribution >= 0.6 is 0 Å². The number of unbranched alkanes of at least 4 members (excludes halogenated alkanes) is 3. The fourth-order valence-corrected chi connectivity index (χ4v) is 2.66. The van der Waals surface area contributed by atoms with Crippen LogP contribution < -0.4 is 0 Å². The highest BCUT2D eigenvalue weighted by atomic mass is 16.5. The zero-order valence-corrected chi connectivity index (χ0v) is 12.5. The van der Waals surface area contributed by atoms with Crippen LogP contribution in [0.1, 0.15) is 52.4 Å². The summed E-state index contributed by atoms with van der Waals surface area (Å²) in [6.45, 7) is 3.69. The molecule has 1 rings (SSSR count). The van der Waals surface area contributed by atoms with Crippen molar-refractivity contribution in [3.8, 4) is 0 Å². The first-order valence-electron chi connectivity index (χ1n) is 7.53. The van der Waals surface area contributed by atoms with Crippen molar-refractivity contribution in [3.63, 3.8) is 0 Å². The van der Waals surface area contributed by atoms with E-state index in [0.29, 0.717) is 6.42 Å². The summed E-state index contributed by atoms with van der Waals surface area (Å²) in [7, 11) is 0. The van der Waals surface area contributed by atoms with E-state index in [2.05, 4.69) is 0 Å². The van der Waals surface area contributed by atoms with E-state index in [9.17, 15) is 15.0 Å². The summed E-state index contributed by atoms with van der Waals surface area (Å²) < 4.78 is 4.89. The molecule has 0 aromatic carbocycles. The lowest BCUT2D eigenvalue weighted by molar-refractivity contribution is -0.144. The molecule has 3 atom stereocenters. The summed E-state index contributed by atoms with van der Waals surface area (Å²) in [5.74, 6) is -1.23. The number of carbonyl (C=O) groups excluding carboxylic acids is 1. The maximum Gasteiger partial charge on any atom is 0.312 e. The van der Waals surface area contributed by atoms with E-state index in [1.165, 1.54) is 0 Å². The Morgan fingerprint density at radius 3 is 2.55 bits per heavy atom. The highest BCUT2D eigenvalue weighted by Crippen LogP contribution is 2.27. The Kier molecular flexibility index (Phi) is 6.92. The molecule has 1 aliphatic heterocycles. The topological polar surface area (TPSA) is 87.0 Å². The molecule has 0 spiro atoms. The molecule has 0 radical (unpaired) electrons. The number of cyclic esters (lactones) is 1. The van der Waals surface area contributed by atoms with Gasteiger partial charge in [-0.2, -0.15) is 0 Å². The third-order valence-electron chi connectivity index (χ3n) is 3.91. The van der Waals surface area contributed by atoms with Gasteiger partial charge in [-0.1, -0.05) is 25.7 Å². The zero-order chi connectivity index (χ0) is 15.2. The normalized spacial score (nSPS) is 24.8. The van der Waals surface area contributed by atoms with Gasteiger partial charge in [-0.05, 0) is 26.7 Å². The zero-order valence-electron chi connectivity index (χ0n) is 12.5. The van der Waals surface area contributed by atoms with Crippen molar-refractivity contribution >= 4 is 5.97 Å². The van der Waals surface area contributed by atoms with Gasteiger partial charge in [0.1, 0.15) is 0 Å². The SMILES string of the molecule is CC(C)(O)CCCCCCC(O)[C@H]1C(=O)OC[C@H]1CO. The van der Waals surface area contributed by atoms with Gasteiger partial charge in [0.15, 0.2) is 0 Å². The second-order valence-corrected chi connectivity index (χ2v) is 6.43. The molecule has 5 heteroatoms. The molecule has 0 saturated carbocycles. The Hall–Kier alpha value is -0.650. The molecular formula is C15H28O5. The number of esters is 1. The van der Waals surface area contributed by atoms with E-state index in [1.807, 2.05) is 0 Å². The van der Waals surface area contributed by atoms with Gasteiger partial charge in [0.05, 0.1) is 30.8 Å². The molecule has 20 heavy (non-hydrogen) atoms. The maximum absolute atomic E-state index is 11.5. The van der Waals surface area contributed by atoms with Crippen LogP contribution in [0.2, 0.25) is 0 Å². The van der Waals surface area contributed by atoms with Crippen LogP contribution in [0.5, 0.6) is 0 Å². The van der Waals surface area contributed by atoms with Crippen LogP contribution in [0.25, 0.3) is 0 Å². The number of carbonyl (C=O) groups is 1. The van der Waals surface area contributed by atoms with Gasteiger partial charge < -0.3 is 20.1 Å². The predicted octanol–water partition coefficient (Wildman–Crippen LogP) is 1.24. The van der Waals surface area contributed by atoms with Crippen molar-refractivity contribution in [3.05, 3.63) is 0 Å². The molecule has 5 nitrogen and oxygen atoms in total. The van der Waals surface area contributed by atoms with Crippen LogP contribution in [0.15, 0.2) is 0 Å². The summed E-state index contributed by atoms with van der Waals surface area (Å²) in [6.07, 6.45) is 4.39. The van der Waals surface area contributed by atoms with Gasteiger partial charge >= 0.3 is 5.97 Å². The Labute approximate surface area is 121 Å². The van der Waals surface area contributed by atoms with Crippen LogP contribution in [-0.2, 0) is 9.53 Å². The largest absolute Gasteiger partial charge is 0.465 e. The van der Waals surface area contributed by atoms with Gasteiger partial charge in [-0.25, -0.2) is 0 Å². The van der Waals surface area contributed by atoms with E-state index < -0.39 is 23.6 Å². The van der Waals surface area contributed by atoms with Crippen molar-refractivity contribution in [1.29, 1.82) is 0 Å². The summed E-state index contributed by atoms with van der Waals surface area (Å²) >= 11 is 0. The first-order valence-corrected chi connectivity index (χ1v) is 7.53. The fourth-order valence-electron chi connectivity index (χ4n) is 2.66. The van der Waals surface area contributed by atoms with Crippen molar-refractivity contribution in [2.45, 2.75) is 64.1 Å². The molecule has 0 bridgehead atoms. The average molecular weight is 288 g/mol. The van der Waals surface area contributed by atoms with Crippen molar-refractivity contribution in [2.75, 3.05) is 13.2 Å². The van der Waals surface area contributed by atoms with Crippen molar-refractivity contribution in [1.82, 2.24) is 0 Å². The molecule has 3 N–H and O–H groups in total. The Morgan fingerprint density at radius 1 is 1.30 bits per heavy atom. The van der Waals surface area contributed by atoms with E-state index in [1.54, 1.807) is 13.8 Å². The standard InChI is InChI=1S/C15H28O5/c1-15(2,19)8-6-4-3-5-7-12(17)13-11(9-16)10-20-14(13)18/h11-13,16-17,19H,3-10H2,1-2H3/t11-,12?,13+/m1/s1. The van der Waals surface area contributed by atoms with Gasteiger partial charge in [0, 0.05) is 5.92 Å². The first kappa shape index (κ1) is 17.4. The Bertz CT molecular complexity index is 297. The van der Waals surface area contributed by atoms with E-state index in [4.69, 9.17) is 9.84 Å². The maximum atomic E-state index is 11.5. The average Bonchev–Trinajstić information content (AvgIpc) is 2.73. The van der Waals surface area contributed by atoms with Gasteiger partial charge in [-0.15, -0.1) is 0 Å². The molecule has 1 saturated heterocycles. The number of aliphatic hydroxyl groups is 3. The Balaban J connectivity index is 2.16. The predicted molar refractivity (Wildman–Crippen MR) is 75.0 cm³/mol. The molecule has 1 unspecified atom stereocenters. The molecule has 118 valence electrons. The lowest BCUT2D eigenvalue weighted by Crippen LogP contribution is -2.31. The smallest absolute Gasteiger partial charge is 0.312 e. The summed E-state index contributed by atoms with van der Waals surface area (Å²) in [4.78, 5) is 11.5. The van der Waals surface area contributed by atoms with Crippen LogP contribution in [-0.4, -0.2) is 46.2 Å². The molecule has 0 aromatic heterocycles. The lowest BCUT2D eigenvalue weighted by Gasteiger charge is -2.19. The van der Waals surface area contributed by atoms with E-state index >= 15 is 0 Å². The fraction of sp³-hybridized carbons (Fsp3) is 0.933. The molecular weight excluding hydrogens is 260 g/mol. The number of hydrogen-bond donors (Lipinski definition) is 3. The van der Waals surface area contributed by atoms with Crippen LogP contribution in [0.3, 0.4) is 0 Å². The number of rotatable bonds is 9. The highest BCUT2D eigenvalue weighted by molar-refractivity contribution is 5.75. The van der Waals surface area contributed by atoms with E-state index in [0.717, 1.165) is 32.1 Å². The molecule has 1 fully saturated rings. The third-order valence-corrected chi connectivity index (χ3v) is 3.91. The first-order chi connectivity index (χ1) is 9.35. The molecule has 1 heterocycles. The molecule has 1 aliphatic rings. The number of ether oxygens (including phenoxy) is 1. The van der Waals surface area contributed by atoms with Gasteiger partial charge in [0.2, 0.25) is 0 Å². The molecule has 0 amide bonds. The van der Waals surface area contributed by atoms with Crippen molar-refractivity contribution < 1.29 is 24.9 Å². The summed E-state index contributed by atoms with van der Waals surface area (Å²) in [5.41, 5.74) is -0.610. The lowest BCUT2D eigenvalue weighted by atomic mass is 9.88. The highest BCUT2D eigenvalue weighted by Gasteiger charge is 2.41. The summed E-state index contributed by atoms with van der Waals surface area (Å²) in [6, 6.07) is 0. The summed E-state index contributed by atoms with van der Waals surface area (Å²) in [5, 5.41) is 28.8. The third kappa shape index (κ3) is 5.77. The number of aliphatic hydroxyl groups excluding tert-OH is 2. The second kappa shape index (κ2) is 7.96. The van der Waals surface area contributed by atoms with Crippen molar-refractivity contribution in [2.24, 2.45) is 11.8 Å². The van der Waals surface area contributed by atoms with Gasteiger partial charge in [-0.3, -0.25) is 4.79 Å². The van der Waals surface area contributed by atoms with Crippen LogP contribution in [0, 0.1) is 11.8 Å². The monoisotopic (exact) mass is 288 g/mol.